The second kappa shape index (κ2) is 14.0. The van der Waals surface area contributed by atoms with E-state index in [1.165, 1.54) is 30.3 Å². The van der Waals surface area contributed by atoms with E-state index in [9.17, 15) is 24.6 Å². The number of aldehydes is 1. The minimum absolute atomic E-state index is 0.00699. The van der Waals surface area contributed by atoms with Gasteiger partial charge in [0.1, 0.15) is 23.6 Å². The van der Waals surface area contributed by atoms with Gasteiger partial charge in [-0.15, -0.1) is 0 Å². The lowest BCUT2D eigenvalue weighted by Gasteiger charge is -2.53. The molecule has 3 aromatic rings. The van der Waals surface area contributed by atoms with Crippen LogP contribution in [0.2, 0.25) is 0 Å². The van der Waals surface area contributed by atoms with Gasteiger partial charge in [-0.25, -0.2) is 4.39 Å². The van der Waals surface area contributed by atoms with Gasteiger partial charge in [0, 0.05) is 48.5 Å². The van der Waals surface area contributed by atoms with E-state index in [0.29, 0.717) is 35.3 Å². The number of phenols is 2. The van der Waals surface area contributed by atoms with Crippen LogP contribution < -0.4 is 0 Å². The summed E-state index contributed by atoms with van der Waals surface area (Å²) in [5.41, 5.74) is 1.67. The van der Waals surface area contributed by atoms with Crippen molar-refractivity contribution in [3.8, 4) is 11.5 Å². The lowest BCUT2D eigenvalue weighted by molar-refractivity contribution is -0.112. The van der Waals surface area contributed by atoms with Crippen LogP contribution in [-0.4, -0.2) is 95.2 Å². The van der Waals surface area contributed by atoms with Gasteiger partial charge < -0.3 is 19.9 Å². The summed E-state index contributed by atoms with van der Waals surface area (Å²) in [7, 11) is 3.78. The van der Waals surface area contributed by atoms with Gasteiger partial charge in [0.15, 0.2) is 11.6 Å². The molecule has 2 N–H and O–H groups in total. The first-order valence-electron chi connectivity index (χ1n) is 15.6. The third-order valence-electron chi connectivity index (χ3n) is 9.62. The van der Waals surface area contributed by atoms with Crippen LogP contribution in [0.15, 0.2) is 66.7 Å². The second-order valence-electron chi connectivity index (χ2n) is 12.6. The maximum atomic E-state index is 15.0. The molecule has 2 aliphatic rings. The quantitative estimate of drug-likeness (QED) is 0.220. The van der Waals surface area contributed by atoms with E-state index in [-0.39, 0.29) is 35.3 Å². The number of hydrogen-bond donors (Lipinski definition) is 2. The number of benzene rings is 3. The molecule has 5 atom stereocenters. The molecular formula is C36H42FN3O5. The van der Waals surface area contributed by atoms with Gasteiger partial charge in [-0.05, 0) is 88.3 Å². The molecule has 0 amide bonds. The van der Waals surface area contributed by atoms with Gasteiger partial charge in [0.05, 0.1) is 12.2 Å². The van der Waals surface area contributed by atoms with Crippen molar-refractivity contribution in [1.82, 2.24) is 14.7 Å². The molecule has 0 aromatic heterocycles. The summed E-state index contributed by atoms with van der Waals surface area (Å²) in [5.74, 6) is -2.95. The number of carbonyl (C=O) groups is 3. The molecule has 2 saturated heterocycles. The fourth-order valence-electron chi connectivity index (χ4n) is 7.04. The number of Topliss-reactive ketones (excluding diaryl/α,β-unsaturated/α-hetero) is 2. The van der Waals surface area contributed by atoms with Crippen molar-refractivity contribution in [1.29, 1.82) is 0 Å². The molecule has 3 aromatic carbocycles. The molecule has 0 spiro atoms. The molecule has 0 saturated carbocycles. The molecule has 2 heterocycles. The minimum Gasteiger partial charge on any atom is -0.508 e. The molecule has 0 radical (unpaired) electrons. The molecule has 1 unspecified atom stereocenters. The smallest absolute Gasteiger partial charge is 0.167 e. The topological polar surface area (TPSA) is 101 Å². The number of ketones is 2. The van der Waals surface area contributed by atoms with E-state index in [4.69, 9.17) is 0 Å². The first kappa shape index (κ1) is 32.5. The van der Waals surface area contributed by atoms with Crippen LogP contribution in [0.1, 0.15) is 57.0 Å². The molecule has 5 rings (SSSR count). The van der Waals surface area contributed by atoms with Gasteiger partial charge in [-0.3, -0.25) is 19.4 Å². The zero-order chi connectivity index (χ0) is 32.2. The minimum atomic E-state index is -0.706. The number of likely N-dealkylation sites (tertiary alicyclic amines) is 2. The van der Waals surface area contributed by atoms with Crippen molar-refractivity contribution >= 4 is 17.9 Å². The van der Waals surface area contributed by atoms with E-state index < -0.39 is 23.6 Å². The summed E-state index contributed by atoms with van der Waals surface area (Å²) in [6.45, 7) is 4.04. The average molecular weight is 616 g/mol. The zero-order valence-corrected chi connectivity index (χ0v) is 26.1. The van der Waals surface area contributed by atoms with Gasteiger partial charge in [0.25, 0.3) is 0 Å². The van der Waals surface area contributed by atoms with Crippen molar-refractivity contribution in [3.63, 3.8) is 0 Å². The van der Waals surface area contributed by atoms with Crippen molar-refractivity contribution < 1.29 is 29.0 Å². The van der Waals surface area contributed by atoms with E-state index in [1.54, 1.807) is 43.3 Å². The normalized spacial score (nSPS) is 23.0. The predicted molar refractivity (Wildman–Crippen MR) is 170 cm³/mol. The Kier molecular flexibility index (Phi) is 10.1. The van der Waals surface area contributed by atoms with Gasteiger partial charge in [-0.1, -0.05) is 36.4 Å². The van der Waals surface area contributed by atoms with Crippen molar-refractivity contribution in [2.45, 2.75) is 44.3 Å². The van der Waals surface area contributed by atoms with Crippen LogP contribution in [0.3, 0.4) is 0 Å². The van der Waals surface area contributed by atoms with Crippen molar-refractivity contribution in [2.75, 3.05) is 40.3 Å². The standard InChI is InChI=1S/C36H42FN3O5/c1-23-29(13-6-14-32(23)37)34-30(35(44)24-8-4-11-27(42)18-24)20-40(21-31(34)36(45)25-9-5-12-28(43)19-25)33-15-17-39(33)16-7-10-26(22-41)38(2)3/h4-6,8-9,11-14,18-19,22,26,30-31,33-34,42-43H,7,10,15-17,20-21H2,1-3H3/t26?,30-,31+,33-,34-/m0/s1. The van der Waals surface area contributed by atoms with E-state index in [1.807, 2.05) is 19.0 Å². The summed E-state index contributed by atoms with van der Waals surface area (Å²) in [5, 5.41) is 20.4. The Balaban J connectivity index is 1.53. The van der Waals surface area contributed by atoms with Crippen LogP contribution in [0.5, 0.6) is 11.5 Å². The fraction of sp³-hybridized carbons (Fsp3) is 0.417. The van der Waals surface area contributed by atoms with Gasteiger partial charge in [-0.2, -0.15) is 0 Å². The number of halogens is 1. The zero-order valence-electron chi connectivity index (χ0n) is 26.1. The van der Waals surface area contributed by atoms with E-state index >= 15 is 4.39 Å². The third-order valence-corrected chi connectivity index (χ3v) is 9.62. The van der Waals surface area contributed by atoms with Crippen LogP contribution in [0, 0.1) is 24.6 Å². The Hall–Kier alpha value is -3.92. The second-order valence-corrected chi connectivity index (χ2v) is 12.6. The van der Waals surface area contributed by atoms with Crippen molar-refractivity contribution in [2.24, 2.45) is 11.8 Å². The fourth-order valence-corrected chi connectivity index (χ4v) is 7.04. The largest absolute Gasteiger partial charge is 0.508 e. The Labute approximate surface area is 264 Å². The number of likely N-dealkylation sites (N-methyl/N-ethyl adjacent to an activating group) is 1. The summed E-state index contributed by atoms with van der Waals surface area (Å²) < 4.78 is 15.0. The molecule has 0 aliphatic carbocycles. The molecule has 8 nitrogen and oxygen atoms in total. The first-order valence-corrected chi connectivity index (χ1v) is 15.6. The van der Waals surface area contributed by atoms with Crippen LogP contribution in [0.4, 0.5) is 4.39 Å². The molecule has 2 fully saturated rings. The van der Waals surface area contributed by atoms with Gasteiger partial charge in [0.2, 0.25) is 0 Å². The van der Waals surface area contributed by atoms with E-state index in [0.717, 1.165) is 38.6 Å². The van der Waals surface area contributed by atoms with Crippen molar-refractivity contribution in [3.05, 3.63) is 94.8 Å². The molecule has 0 bridgehead atoms. The molecule has 45 heavy (non-hydrogen) atoms. The highest BCUT2D eigenvalue weighted by molar-refractivity contribution is 6.02. The maximum absolute atomic E-state index is 15.0. The van der Waals surface area contributed by atoms with E-state index in [2.05, 4.69) is 9.80 Å². The number of phenolic OH excluding ortho intramolecular Hbond substituents is 2. The summed E-state index contributed by atoms with van der Waals surface area (Å²) in [6, 6.07) is 17.1. The number of rotatable bonds is 12. The lowest BCUT2D eigenvalue weighted by Crippen LogP contribution is -2.63. The van der Waals surface area contributed by atoms with Crippen LogP contribution >= 0.6 is 0 Å². The molecular weight excluding hydrogens is 573 g/mol. The highest BCUT2D eigenvalue weighted by atomic mass is 19.1. The monoisotopic (exact) mass is 615 g/mol. The number of aromatic hydroxyl groups is 2. The number of carbonyl (C=O) groups excluding carboxylic acids is 3. The SMILES string of the molecule is Cc1c(F)cccc1[C@H]1[C@@H](C(=O)c2cccc(O)c2)CN([C@H]2CCN2CCCC(C=O)N(C)C)C[C@H]1C(=O)c1cccc(O)c1. The lowest BCUT2D eigenvalue weighted by atomic mass is 9.67. The third kappa shape index (κ3) is 7.01. The summed E-state index contributed by atoms with van der Waals surface area (Å²) >= 11 is 0. The predicted octanol–water partition coefficient (Wildman–Crippen LogP) is 4.88. The Morgan fingerprint density at radius 2 is 1.53 bits per heavy atom. The summed E-state index contributed by atoms with van der Waals surface area (Å²) in [6.07, 6.45) is 3.41. The first-order chi connectivity index (χ1) is 21.6. The number of nitrogens with zero attached hydrogens (tertiary/aromatic N) is 3. The Morgan fingerprint density at radius 1 is 0.956 bits per heavy atom. The maximum Gasteiger partial charge on any atom is 0.167 e. The number of hydrogen-bond acceptors (Lipinski definition) is 8. The Morgan fingerprint density at radius 3 is 2.02 bits per heavy atom. The molecule has 238 valence electrons. The van der Waals surface area contributed by atoms with Crippen LogP contribution in [0.25, 0.3) is 0 Å². The highest BCUT2D eigenvalue weighted by Crippen LogP contribution is 2.44. The Bertz CT molecular complexity index is 1480. The van der Waals surface area contributed by atoms with Gasteiger partial charge >= 0.3 is 0 Å². The number of piperidine rings is 1. The van der Waals surface area contributed by atoms with Crippen LogP contribution in [-0.2, 0) is 4.79 Å². The average Bonchev–Trinajstić information content (AvgIpc) is 3.00. The molecule has 9 heteroatoms. The molecule has 2 aliphatic heterocycles. The summed E-state index contributed by atoms with van der Waals surface area (Å²) in [4.78, 5) is 46.7. The highest BCUT2D eigenvalue weighted by Gasteiger charge is 2.48.